The van der Waals surface area contributed by atoms with Crippen molar-refractivity contribution in [2.24, 2.45) is 0 Å². The van der Waals surface area contributed by atoms with Gasteiger partial charge in [0.2, 0.25) is 0 Å². The van der Waals surface area contributed by atoms with Crippen LogP contribution in [0.3, 0.4) is 0 Å². The van der Waals surface area contributed by atoms with Crippen LogP contribution < -0.4 is 0 Å². The topological polar surface area (TPSA) is 50.1 Å². The minimum atomic E-state index is -0.347. The first kappa shape index (κ1) is 16.4. The minimum absolute atomic E-state index is 0.347. The number of esters is 1. The summed E-state index contributed by atoms with van der Waals surface area (Å²) in [5.41, 5.74) is 2.52. The van der Waals surface area contributed by atoms with Crippen molar-refractivity contribution in [2.45, 2.75) is 6.92 Å². The van der Waals surface area contributed by atoms with Crippen molar-refractivity contribution in [1.82, 2.24) is 0 Å². The van der Waals surface area contributed by atoms with Gasteiger partial charge in [0, 0.05) is 11.6 Å². The van der Waals surface area contributed by atoms with Crippen LogP contribution in [0.25, 0.3) is 12.2 Å². The van der Waals surface area contributed by atoms with E-state index in [0.717, 1.165) is 11.1 Å². The van der Waals surface area contributed by atoms with Gasteiger partial charge in [0.15, 0.2) is 0 Å². The van der Waals surface area contributed by atoms with Gasteiger partial charge in [-0.25, -0.2) is 4.79 Å². The third kappa shape index (κ3) is 7.35. The molecule has 0 aliphatic carbocycles. The summed E-state index contributed by atoms with van der Waals surface area (Å²) in [4.78, 5) is 10.2. The normalized spacial score (nSPS) is 8.89. The van der Waals surface area contributed by atoms with Gasteiger partial charge in [-0.1, -0.05) is 37.4 Å². The average molecular weight is 255 g/mol. The lowest BCUT2D eigenvalue weighted by Gasteiger charge is -1.94. The number of hydrogen-bond donors (Lipinski definition) is 0. The Morgan fingerprint density at radius 2 is 2.05 bits per heavy atom. The second kappa shape index (κ2) is 9.43. The second-order valence-corrected chi connectivity index (χ2v) is 3.61. The van der Waals surface area contributed by atoms with Gasteiger partial charge < -0.3 is 4.74 Å². The molecule has 0 aromatic heterocycles. The molecule has 3 nitrogen and oxygen atoms in total. The van der Waals surface area contributed by atoms with E-state index in [9.17, 15) is 4.79 Å². The molecule has 1 aromatic rings. The fourth-order valence-electron chi connectivity index (χ4n) is 1.10. The molecule has 98 valence electrons. The number of nitriles is 1. The molecule has 1 rings (SSSR count). The van der Waals surface area contributed by atoms with Crippen LogP contribution in [-0.2, 0) is 9.53 Å². The van der Waals surface area contributed by atoms with E-state index >= 15 is 0 Å². The smallest absolute Gasteiger partial charge is 0.332 e. The molecule has 0 unspecified atom stereocenters. The van der Waals surface area contributed by atoms with Crippen LogP contribution in [0.2, 0.25) is 0 Å². The zero-order valence-corrected chi connectivity index (χ0v) is 11.2. The van der Waals surface area contributed by atoms with Crippen molar-refractivity contribution in [1.29, 1.82) is 5.26 Å². The van der Waals surface area contributed by atoms with Gasteiger partial charge in [0.1, 0.15) is 0 Å². The Hall–Kier alpha value is -2.60. The molecule has 0 radical (unpaired) electrons. The standard InChI is InChI=1S/C11H9N.C5H8O2/c1-2-10-5-3-6-11(9-10)7-4-8-12;1-4(2)5(6)7-3/h2-7,9H,1H2;1H2,2-3H3. The van der Waals surface area contributed by atoms with Crippen molar-refractivity contribution in [3.63, 3.8) is 0 Å². The maximum Gasteiger partial charge on any atom is 0.332 e. The third-order valence-corrected chi connectivity index (χ3v) is 2.03. The predicted octanol–water partition coefficient (Wildman–Crippen LogP) is 3.60. The van der Waals surface area contributed by atoms with Gasteiger partial charge in [-0.3, -0.25) is 0 Å². The SMILES string of the molecule is C=C(C)C(=O)OC.C=Cc1cccc(C=CC#N)c1. The Kier molecular flexibility index (Phi) is 8.14. The van der Waals surface area contributed by atoms with Gasteiger partial charge in [0.05, 0.1) is 13.2 Å². The van der Waals surface area contributed by atoms with Gasteiger partial charge >= 0.3 is 5.97 Å². The van der Waals surface area contributed by atoms with Crippen molar-refractivity contribution in [3.05, 3.63) is 60.2 Å². The highest BCUT2D eigenvalue weighted by molar-refractivity contribution is 5.86. The molecule has 0 N–H and O–H groups in total. The van der Waals surface area contributed by atoms with E-state index in [2.05, 4.69) is 17.9 Å². The highest BCUT2D eigenvalue weighted by atomic mass is 16.5. The van der Waals surface area contributed by atoms with Crippen LogP contribution in [0.1, 0.15) is 18.1 Å². The van der Waals surface area contributed by atoms with Crippen molar-refractivity contribution >= 4 is 18.1 Å². The Labute approximate surface area is 114 Å². The first-order chi connectivity index (χ1) is 9.04. The van der Waals surface area contributed by atoms with Crippen LogP contribution in [0.4, 0.5) is 0 Å². The summed E-state index contributed by atoms with van der Waals surface area (Å²) >= 11 is 0. The van der Waals surface area contributed by atoms with Crippen LogP contribution in [0, 0.1) is 11.3 Å². The highest BCUT2D eigenvalue weighted by Gasteiger charge is 1.95. The zero-order valence-electron chi connectivity index (χ0n) is 11.2. The summed E-state index contributed by atoms with van der Waals surface area (Å²) in [5, 5.41) is 8.30. The third-order valence-electron chi connectivity index (χ3n) is 2.03. The van der Waals surface area contributed by atoms with Crippen molar-refractivity contribution < 1.29 is 9.53 Å². The lowest BCUT2D eigenvalue weighted by Crippen LogP contribution is -1.98. The highest BCUT2D eigenvalue weighted by Crippen LogP contribution is 2.07. The first-order valence-electron chi connectivity index (χ1n) is 5.57. The quantitative estimate of drug-likeness (QED) is 0.471. The molecule has 0 heterocycles. The molecule has 1 aromatic carbocycles. The van der Waals surface area contributed by atoms with E-state index in [-0.39, 0.29) is 5.97 Å². The Morgan fingerprint density at radius 3 is 2.47 bits per heavy atom. The number of hydrogen-bond acceptors (Lipinski definition) is 3. The summed E-state index contributed by atoms with van der Waals surface area (Å²) in [6.07, 6.45) is 5.01. The van der Waals surface area contributed by atoms with Crippen molar-refractivity contribution in [3.8, 4) is 6.07 Å². The van der Waals surface area contributed by atoms with E-state index in [1.165, 1.54) is 13.2 Å². The van der Waals surface area contributed by atoms with Crippen molar-refractivity contribution in [2.75, 3.05) is 7.11 Å². The Balaban J connectivity index is 0.000000399. The number of carbonyl (C=O) groups is 1. The van der Waals surface area contributed by atoms with Gasteiger partial charge in [-0.05, 0) is 30.2 Å². The molecule has 19 heavy (non-hydrogen) atoms. The second-order valence-electron chi connectivity index (χ2n) is 3.61. The van der Waals surface area contributed by atoms with Gasteiger partial charge in [-0.15, -0.1) is 0 Å². The maximum absolute atomic E-state index is 10.2. The summed E-state index contributed by atoms with van der Waals surface area (Å²) < 4.78 is 4.27. The Morgan fingerprint density at radius 1 is 1.42 bits per heavy atom. The summed E-state index contributed by atoms with van der Waals surface area (Å²) in [5.74, 6) is -0.347. The largest absolute Gasteiger partial charge is 0.466 e. The molecule has 3 heteroatoms. The summed E-state index contributed by atoms with van der Waals surface area (Å²) in [7, 11) is 1.33. The first-order valence-corrected chi connectivity index (χ1v) is 5.57. The lowest BCUT2D eigenvalue weighted by molar-refractivity contribution is -0.136. The minimum Gasteiger partial charge on any atom is -0.466 e. The van der Waals surface area contributed by atoms with E-state index < -0.39 is 0 Å². The molecule has 0 atom stereocenters. The molecule has 0 aliphatic rings. The zero-order chi connectivity index (χ0) is 14.7. The molecule has 0 aliphatic heterocycles. The van der Waals surface area contributed by atoms with Gasteiger partial charge in [-0.2, -0.15) is 5.26 Å². The van der Waals surface area contributed by atoms with Crippen LogP contribution in [0.5, 0.6) is 0 Å². The molecule has 0 fully saturated rings. The fourth-order valence-corrected chi connectivity index (χ4v) is 1.10. The van der Waals surface area contributed by atoms with Crippen LogP contribution in [-0.4, -0.2) is 13.1 Å². The number of methoxy groups -OCH3 is 1. The number of carbonyl (C=O) groups excluding carboxylic acids is 1. The molecular weight excluding hydrogens is 238 g/mol. The van der Waals surface area contributed by atoms with E-state index in [1.54, 1.807) is 19.1 Å². The number of nitrogens with zero attached hydrogens (tertiary/aromatic N) is 1. The monoisotopic (exact) mass is 255 g/mol. The molecule has 0 amide bonds. The molecular formula is C16H17NO2. The van der Waals surface area contributed by atoms with Crippen LogP contribution in [0.15, 0.2) is 49.1 Å². The van der Waals surface area contributed by atoms with Crippen LogP contribution >= 0.6 is 0 Å². The number of rotatable bonds is 3. The molecule has 0 saturated carbocycles. The van der Waals surface area contributed by atoms with E-state index in [1.807, 2.05) is 30.3 Å². The molecule has 0 bridgehead atoms. The lowest BCUT2D eigenvalue weighted by atomic mass is 10.1. The Bertz CT molecular complexity index is 522. The summed E-state index contributed by atoms with van der Waals surface area (Å²) in [6, 6.07) is 9.77. The molecule has 0 spiro atoms. The van der Waals surface area contributed by atoms with E-state index in [4.69, 9.17) is 5.26 Å². The van der Waals surface area contributed by atoms with E-state index in [0.29, 0.717) is 5.57 Å². The number of ether oxygens (including phenoxy) is 1. The number of benzene rings is 1. The summed E-state index contributed by atoms with van der Waals surface area (Å²) in [6.45, 7) is 8.62. The predicted molar refractivity (Wildman–Crippen MR) is 78.0 cm³/mol. The van der Waals surface area contributed by atoms with Gasteiger partial charge in [0.25, 0.3) is 0 Å². The fraction of sp³-hybridized carbons (Fsp3) is 0.125. The average Bonchev–Trinajstić information content (AvgIpc) is 2.44. The molecule has 0 saturated heterocycles. The maximum atomic E-state index is 10.2. The number of allylic oxidation sites excluding steroid dienone is 1.